The first-order valence-corrected chi connectivity index (χ1v) is 5.15. The van der Waals surface area contributed by atoms with Crippen LogP contribution >= 0.6 is 0 Å². The molecule has 1 aliphatic heterocycles. The minimum atomic E-state index is -0.354. The van der Waals surface area contributed by atoms with Crippen LogP contribution < -0.4 is 10.6 Å². The number of nitrogens with zero attached hydrogens (tertiary/aromatic N) is 3. The summed E-state index contributed by atoms with van der Waals surface area (Å²) in [7, 11) is 0. The zero-order valence-corrected chi connectivity index (χ0v) is 9.21. The minimum Gasteiger partial charge on any atom is -0.318 e. The standard InChI is InChI=1S/C10H16N4O/c1-6(2)13-5-8(4-12-13)14-7(3)9(11)10(14)15/h4-7,9H,11H2,1-3H3. The van der Waals surface area contributed by atoms with E-state index in [9.17, 15) is 4.79 Å². The van der Waals surface area contributed by atoms with Crippen molar-refractivity contribution in [2.75, 3.05) is 4.90 Å². The van der Waals surface area contributed by atoms with Crippen molar-refractivity contribution in [3.05, 3.63) is 12.4 Å². The Bertz CT molecular complexity index is 385. The Morgan fingerprint density at radius 2 is 2.20 bits per heavy atom. The van der Waals surface area contributed by atoms with Gasteiger partial charge in [0.2, 0.25) is 5.91 Å². The highest BCUT2D eigenvalue weighted by Crippen LogP contribution is 2.26. The smallest absolute Gasteiger partial charge is 0.246 e. The van der Waals surface area contributed by atoms with Crippen LogP contribution in [0.15, 0.2) is 12.4 Å². The lowest BCUT2D eigenvalue weighted by atomic mass is 9.97. The van der Waals surface area contributed by atoms with E-state index in [1.165, 1.54) is 0 Å². The molecule has 1 saturated heterocycles. The number of rotatable bonds is 2. The largest absolute Gasteiger partial charge is 0.318 e. The van der Waals surface area contributed by atoms with Crippen LogP contribution in [0.5, 0.6) is 0 Å². The molecule has 2 atom stereocenters. The van der Waals surface area contributed by atoms with Crippen LogP contribution in [-0.4, -0.2) is 27.8 Å². The quantitative estimate of drug-likeness (QED) is 0.721. The Hall–Kier alpha value is -1.36. The molecule has 5 heteroatoms. The summed E-state index contributed by atoms with van der Waals surface area (Å²) in [6.45, 7) is 6.03. The normalized spacial score (nSPS) is 25.9. The number of aromatic nitrogens is 2. The molecule has 1 fully saturated rings. The van der Waals surface area contributed by atoms with E-state index in [-0.39, 0.29) is 18.0 Å². The molecule has 2 unspecified atom stereocenters. The summed E-state index contributed by atoms with van der Waals surface area (Å²) in [5.41, 5.74) is 6.48. The van der Waals surface area contributed by atoms with E-state index >= 15 is 0 Å². The SMILES string of the molecule is CC1C(N)C(=O)N1c1cnn(C(C)C)c1. The van der Waals surface area contributed by atoms with E-state index in [0.29, 0.717) is 6.04 Å². The molecule has 0 bridgehead atoms. The molecule has 1 amide bonds. The van der Waals surface area contributed by atoms with E-state index < -0.39 is 0 Å². The van der Waals surface area contributed by atoms with Gasteiger partial charge in [-0.1, -0.05) is 0 Å². The molecule has 0 spiro atoms. The Morgan fingerprint density at radius 3 is 2.67 bits per heavy atom. The zero-order chi connectivity index (χ0) is 11.2. The Morgan fingerprint density at radius 1 is 1.53 bits per heavy atom. The Labute approximate surface area is 88.8 Å². The van der Waals surface area contributed by atoms with Crippen molar-refractivity contribution >= 4 is 11.6 Å². The molecule has 2 N–H and O–H groups in total. The van der Waals surface area contributed by atoms with Gasteiger partial charge in [-0.05, 0) is 20.8 Å². The van der Waals surface area contributed by atoms with E-state index in [1.54, 1.807) is 11.1 Å². The predicted octanol–water partition coefficient (Wildman–Crippen LogP) is 0.526. The van der Waals surface area contributed by atoms with Crippen molar-refractivity contribution in [2.45, 2.75) is 38.9 Å². The third-order valence-electron chi connectivity index (χ3n) is 2.84. The summed E-state index contributed by atoms with van der Waals surface area (Å²) in [6, 6.07) is 0.0221. The molecule has 0 radical (unpaired) electrons. The zero-order valence-electron chi connectivity index (χ0n) is 9.21. The highest BCUT2D eigenvalue weighted by atomic mass is 16.2. The molecular weight excluding hydrogens is 192 g/mol. The topological polar surface area (TPSA) is 64.2 Å². The van der Waals surface area contributed by atoms with Gasteiger partial charge in [0.25, 0.3) is 0 Å². The number of nitrogens with two attached hydrogens (primary N) is 1. The van der Waals surface area contributed by atoms with Crippen molar-refractivity contribution < 1.29 is 4.79 Å². The molecule has 5 nitrogen and oxygen atoms in total. The van der Waals surface area contributed by atoms with Crippen LogP contribution in [-0.2, 0) is 4.79 Å². The summed E-state index contributed by atoms with van der Waals surface area (Å²) in [5, 5.41) is 4.19. The molecule has 1 aromatic rings. The first-order chi connectivity index (χ1) is 7.02. The maximum absolute atomic E-state index is 11.5. The van der Waals surface area contributed by atoms with Crippen molar-refractivity contribution in [3.63, 3.8) is 0 Å². The number of amides is 1. The number of β-lactam (4-membered cyclic amide) rings is 1. The van der Waals surface area contributed by atoms with Crippen LogP contribution in [0.4, 0.5) is 5.69 Å². The third-order valence-corrected chi connectivity index (χ3v) is 2.84. The summed E-state index contributed by atoms with van der Waals surface area (Å²) in [5.74, 6) is -0.0224. The second kappa shape index (κ2) is 3.34. The monoisotopic (exact) mass is 208 g/mol. The maximum atomic E-state index is 11.5. The van der Waals surface area contributed by atoms with E-state index in [1.807, 2.05) is 31.6 Å². The first kappa shape index (κ1) is 10.2. The number of carbonyl (C=O) groups is 1. The lowest BCUT2D eigenvalue weighted by Gasteiger charge is -2.42. The predicted molar refractivity (Wildman–Crippen MR) is 57.5 cm³/mol. The molecule has 15 heavy (non-hydrogen) atoms. The fourth-order valence-electron chi connectivity index (χ4n) is 1.74. The van der Waals surface area contributed by atoms with Crippen LogP contribution in [0.25, 0.3) is 0 Å². The molecule has 1 aliphatic rings. The van der Waals surface area contributed by atoms with Gasteiger partial charge in [0.1, 0.15) is 6.04 Å². The van der Waals surface area contributed by atoms with Gasteiger partial charge in [-0.15, -0.1) is 0 Å². The molecule has 0 saturated carbocycles. The van der Waals surface area contributed by atoms with Crippen LogP contribution in [0.3, 0.4) is 0 Å². The maximum Gasteiger partial charge on any atom is 0.246 e. The molecule has 1 aromatic heterocycles. The summed E-state index contributed by atoms with van der Waals surface area (Å²) in [6.07, 6.45) is 3.59. The highest BCUT2D eigenvalue weighted by Gasteiger charge is 2.43. The van der Waals surface area contributed by atoms with Gasteiger partial charge in [-0.3, -0.25) is 9.48 Å². The highest BCUT2D eigenvalue weighted by molar-refractivity contribution is 6.05. The Balaban J connectivity index is 2.20. The first-order valence-electron chi connectivity index (χ1n) is 5.15. The van der Waals surface area contributed by atoms with E-state index in [2.05, 4.69) is 5.10 Å². The van der Waals surface area contributed by atoms with E-state index in [4.69, 9.17) is 5.73 Å². The average molecular weight is 208 g/mol. The van der Waals surface area contributed by atoms with Gasteiger partial charge in [0, 0.05) is 12.2 Å². The van der Waals surface area contributed by atoms with Gasteiger partial charge < -0.3 is 10.6 Å². The second-order valence-corrected chi connectivity index (χ2v) is 4.25. The van der Waals surface area contributed by atoms with E-state index in [0.717, 1.165) is 5.69 Å². The van der Waals surface area contributed by atoms with Crippen LogP contribution in [0.1, 0.15) is 26.8 Å². The summed E-state index contributed by atoms with van der Waals surface area (Å²) in [4.78, 5) is 13.2. The van der Waals surface area contributed by atoms with Crippen molar-refractivity contribution in [2.24, 2.45) is 5.73 Å². The summed E-state index contributed by atoms with van der Waals surface area (Å²) >= 11 is 0. The van der Waals surface area contributed by atoms with Crippen LogP contribution in [0, 0.1) is 0 Å². The fourth-order valence-corrected chi connectivity index (χ4v) is 1.74. The van der Waals surface area contributed by atoms with Crippen molar-refractivity contribution in [1.29, 1.82) is 0 Å². The summed E-state index contributed by atoms with van der Waals surface area (Å²) < 4.78 is 1.83. The van der Waals surface area contributed by atoms with Crippen molar-refractivity contribution in [3.8, 4) is 0 Å². The number of anilines is 1. The lowest BCUT2D eigenvalue weighted by Crippen LogP contribution is -2.67. The molecule has 2 rings (SSSR count). The average Bonchev–Trinajstić information content (AvgIpc) is 2.66. The molecule has 0 aliphatic carbocycles. The molecule has 2 heterocycles. The number of hydrogen-bond donors (Lipinski definition) is 1. The molecular formula is C10H16N4O. The van der Waals surface area contributed by atoms with Gasteiger partial charge in [-0.25, -0.2) is 0 Å². The van der Waals surface area contributed by atoms with Crippen molar-refractivity contribution in [1.82, 2.24) is 9.78 Å². The fraction of sp³-hybridized carbons (Fsp3) is 0.600. The van der Waals surface area contributed by atoms with Crippen LogP contribution in [0.2, 0.25) is 0 Å². The minimum absolute atomic E-state index is 0.0224. The third kappa shape index (κ3) is 1.43. The molecule has 82 valence electrons. The van der Waals surface area contributed by atoms with Gasteiger partial charge in [0.05, 0.1) is 17.9 Å². The van der Waals surface area contributed by atoms with Gasteiger partial charge >= 0.3 is 0 Å². The second-order valence-electron chi connectivity index (χ2n) is 4.25. The number of carbonyl (C=O) groups excluding carboxylic acids is 1. The lowest BCUT2D eigenvalue weighted by molar-refractivity contribution is -0.125. The Kier molecular flexibility index (Phi) is 2.26. The molecule has 0 aromatic carbocycles. The van der Waals surface area contributed by atoms with Gasteiger partial charge in [0.15, 0.2) is 0 Å². The number of hydrogen-bond acceptors (Lipinski definition) is 3. The van der Waals surface area contributed by atoms with Gasteiger partial charge in [-0.2, -0.15) is 5.10 Å².